The molecule has 0 bridgehead atoms. The van der Waals surface area contributed by atoms with E-state index in [4.69, 9.17) is 10.8 Å². The molecule has 0 unspecified atom stereocenters. The van der Waals surface area contributed by atoms with E-state index < -0.39 is 5.97 Å². The number of nitrogens with zero attached hydrogens (tertiary/aromatic N) is 2. The predicted molar refractivity (Wildman–Crippen MR) is 73.6 cm³/mol. The summed E-state index contributed by atoms with van der Waals surface area (Å²) in [5, 5.41) is 10.5. The maximum atomic E-state index is 11.1. The van der Waals surface area contributed by atoms with Gasteiger partial charge in [-0.05, 0) is 12.5 Å². The van der Waals surface area contributed by atoms with Gasteiger partial charge in [-0.25, -0.2) is 14.8 Å². The molecule has 2 aromatic rings. The van der Waals surface area contributed by atoms with Gasteiger partial charge in [0.2, 0.25) is 5.91 Å². The Hall–Kier alpha value is -1.67. The first-order valence-corrected chi connectivity index (χ1v) is 7.19. The number of nitrogens with two attached hydrogens (primary N) is 1. The van der Waals surface area contributed by atoms with Crippen molar-refractivity contribution in [1.29, 1.82) is 0 Å². The van der Waals surface area contributed by atoms with Gasteiger partial charge in [-0.3, -0.25) is 4.79 Å². The molecule has 0 aliphatic carbocycles. The van der Waals surface area contributed by atoms with Crippen LogP contribution in [-0.2, 0) is 4.79 Å². The van der Waals surface area contributed by atoms with Crippen molar-refractivity contribution in [2.24, 2.45) is 5.73 Å². The van der Waals surface area contributed by atoms with Gasteiger partial charge in [-0.1, -0.05) is 0 Å². The summed E-state index contributed by atoms with van der Waals surface area (Å²) in [5.41, 5.74) is 5.74. The van der Waals surface area contributed by atoms with Crippen molar-refractivity contribution in [3.63, 3.8) is 0 Å². The minimum Gasteiger partial charge on any atom is -0.477 e. The van der Waals surface area contributed by atoms with Crippen LogP contribution in [0.1, 0.15) is 21.7 Å². The van der Waals surface area contributed by atoms with Crippen LogP contribution in [0.3, 0.4) is 0 Å². The summed E-state index contributed by atoms with van der Waals surface area (Å²) in [6.45, 7) is 1.74. The summed E-state index contributed by atoms with van der Waals surface area (Å²) in [4.78, 5) is 31.0. The Labute approximate surface area is 117 Å². The Morgan fingerprint density at radius 1 is 1.47 bits per heavy atom. The number of thioether (sulfide) groups is 1. The lowest BCUT2D eigenvalue weighted by Crippen LogP contribution is -2.10. The van der Waals surface area contributed by atoms with Gasteiger partial charge in [0.1, 0.15) is 21.1 Å². The molecule has 2 heterocycles. The number of carbonyl (C=O) groups excluding carboxylic acids is 1. The first-order chi connectivity index (χ1) is 9.00. The van der Waals surface area contributed by atoms with Gasteiger partial charge in [-0.15, -0.1) is 23.1 Å². The van der Waals surface area contributed by atoms with Gasteiger partial charge in [-0.2, -0.15) is 0 Å². The summed E-state index contributed by atoms with van der Waals surface area (Å²) in [6, 6.07) is 0. The van der Waals surface area contributed by atoms with Crippen LogP contribution in [-0.4, -0.2) is 32.7 Å². The molecule has 0 saturated carbocycles. The highest BCUT2D eigenvalue weighted by atomic mass is 32.2. The van der Waals surface area contributed by atoms with Crippen molar-refractivity contribution < 1.29 is 14.7 Å². The number of fused-ring (bicyclic) bond motifs is 1. The Kier molecular flexibility index (Phi) is 4.01. The number of primary amides is 1. The average molecular weight is 297 g/mol. The molecule has 1 amide bonds. The number of hydrogen-bond acceptors (Lipinski definition) is 6. The standard InChI is InChI=1S/C11H11N3O3S2/c1-5-7-9(18-3-2-6(12)15)13-4-14-10(7)19-8(5)11(16)17/h4H,2-3H2,1H3,(H2,12,15)(H,16,17). The molecule has 0 atom stereocenters. The van der Waals surface area contributed by atoms with Crippen LogP contribution >= 0.6 is 23.1 Å². The zero-order valence-electron chi connectivity index (χ0n) is 10.0. The molecule has 3 N–H and O–H groups in total. The lowest BCUT2D eigenvalue weighted by Gasteiger charge is -2.01. The van der Waals surface area contributed by atoms with Crippen LogP contribution in [0.2, 0.25) is 0 Å². The van der Waals surface area contributed by atoms with Crippen LogP contribution in [0.5, 0.6) is 0 Å². The topological polar surface area (TPSA) is 106 Å². The molecule has 0 fully saturated rings. The number of hydrogen-bond donors (Lipinski definition) is 2. The third-order valence-electron chi connectivity index (χ3n) is 2.47. The van der Waals surface area contributed by atoms with Gasteiger partial charge in [0, 0.05) is 17.6 Å². The third-order valence-corrected chi connectivity index (χ3v) is 4.65. The third kappa shape index (κ3) is 2.85. The zero-order valence-corrected chi connectivity index (χ0v) is 11.7. The highest BCUT2D eigenvalue weighted by Gasteiger charge is 2.18. The molecule has 0 aliphatic rings. The number of aromatic carboxylic acids is 1. The second-order valence-corrected chi connectivity index (χ2v) is 5.87. The molecule has 2 aromatic heterocycles. The molecule has 0 radical (unpaired) electrons. The van der Waals surface area contributed by atoms with Crippen LogP contribution in [0.25, 0.3) is 10.2 Å². The largest absolute Gasteiger partial charge is 0.477 e. The molecule has 2 rings (SSSR count). The number of thiophene rings is 1. The fourth-order valence-electron chi connectivity index (χ4n) is 1.60. The molecule has 19 heavy (non-hydrogen) atoms. The summed E-state index contributed by atoms with van der Waals surface area (Å²) in [5.74, 6) is -0.821. The summed E-state index contributed by atoms with van der Waals surface area (Å²) >= 11 is 2.51. The molecule has 0 aromatic carbocycles. The van der Waals surface area contributed by atoms with E-state index in [0.717, 1.165) is 16.7 Å². The van der Waals surface area contributed by atoms with Crippen LogP contribution < -0.4 is 5.73 Å². The molecular weight excluding hydrogens is 286 g/mol. The molecule has 100 valence electrons. The van der Waals surface area contributed by atoms with E-state index in [0.29, 0.717) is 21.2 Å². The van der Waals surface area contributed by atoms with E-state index in [2.05, 4.69) is 9.97 Å². The van der Waals surface area contributed by atoms with Crippen molar-refractivity contribution in [3.8, 4) is 0 Å². The van der Waals surface area contributed by atoms with Crippen LogP contribution in [0, 0.1) is 6.92 Å². The number of amides is 1. The van der Waals surface area contributed by atoms with Crippen LogP contribution in [0.15, 0.2) is 11.4 Å². The molecule has 8 heteroatoms. The number of carboxylic acid groups (broad SMARTS) is 1. The fraction of sp³-hybridized carbons (Fsp3) is 0.273. The Bertz CT molecular complexity index is 654. The smallest absolute Gasteiger partial charge is 0.346 e. The second-order valence-electron chi connectivity index (χ2n) is 3.79. The van der Waals surface area contributed by atoms with E-state index >= 15 is 0 Å². The number of aromatic nitrogens is 2. The zero-order chi connectivity index (χ0) is 14.0. The SMILES string of the molecule is Cc1c(C(=O)O)sc2ncnc(SCCC(N)=O)c12. The highest BCUT2D eigenvalue weighted by molar-refractivity contribution is 7.99. The minimum atomic E-state index is -0.964. The maximum Gasteiger partial charge on any atom is 0.346 e. The van der Waals surface area contributed by atoms with E-state index in [-0.39, 0.29) is 17.2 Å². The lowest BCUT2D eigenvalue weighted by molar-refractivity contribution is -0.117. The van der Waals surface area contributed by atoms with E-state index in [9.17, 15) is 9.59 Å². The summed E-state index contributed by atoms with van der Waals surface area (Å²) in [7, 11) is 0. The van der Waals surface area contributed by atoms with E-state index in [1.54, 1.807) is 6.92 Å². The number of carboxylic acids is 1. The quantitative estimate of drug-likeness (QED) is 0.642. The van der Waals surface area contributed by atoms with Gasteiger partial charge < -0.3 is 10.8 Å². The maximum absolute atomic E-state index is 11.1. The molecule has 0 saturated heterocycles. The van der Waals surface area contributed by atoms with Crippen molar-refractivity contribution in [3.05, 3.63) is 16.8 Å². The number of rotatable bonds is 5. The number of carbonyl (C=O) groups is 2. The van der Waals surface area contributed by atoms with Crippen molar-refractivity contribution in [2.75, 3.05) is 5.75 Å². The molecule has 6 nitrogen and oxygen atoms in total. The van der Waals surface area contributed by atoms with E-state index in [1.165, 1.54) is 18.1 Å². The number of aryl methyl sites for hydroxylation is 1. The molecule has 0 spiro atoms. The lowest BCUT2D eigenvalue weighted by atomic mass is 10.2. The van der Waals surface area contributed by atoms with Crippen molar-refractivity contribution in [2.45, 2.75) is 18.4 Å². The second kappa shape index (κ2) is 5.54. The Balaban J connectivity index is 2.39. The Morgan fingerprint density at radius 3 is 2.84 bits per heavy atom. The average Bonchev–Trinajstić information content (AvgIpc) is 2.67. The van der Waals surface area contributed by atoms with Crippen molar-refractivity contribution >= 4 is 45.2 Å². The normalized spacial score (nSPS) is 10.8. The minimum absolute atomic E-state index is 0.255. The fourth-order valence-corrected chi connectivity index (χ4v) is 3.67. The van der Waals surface area contributed by atoms with Gasteiger partial charge in [0.05, 0.1) is 0 Å². The summed E-state index contributed by atoms with van der Waals surface area (Å²) < 4.78 is 0. The van der Waals surface area contributed by atoms with Gasteiger partial charge in [0.15, 0.2) is 0 Å². The first kappa shape index (κ1) is 13.8. The van der Waals surface area contributed by atoms with Crippen LogP contribution in [0.4, 0.5) is 0 Å². The van der Waals surface area contributed by atoms with Gasteiger partial charge >= 0.3 is 5.97 Å². The highest BCUT2D eigenvalue weighted by Crippen LogP contribution is 2.34. The molecular formula is C11H11N3O3S2. The monoisotopic (exact) mass is 297 g/mol. The van der Waals surface area contributed by atoms with Crippen molar-refractivity contribution in [1.82, 2.24) is 9.97 Å². The summed E-state index contributed by atoms with van der Waals surface area (Å²) in [6.07, 6.45) is 1.65. The predicted octanol–water partition coefficient (Wildman–Crippen LogP) is 1.67. The first-order valence-electron chi connectivity index (χ1n) is 5.39. The Morgan fingerprint density at radius 2 is 2.21 bits per heavy atom. The van der Waals surface area contributed by atoms with Gasteiger partial charge in [0.25, 0.3) is 0 Å². The van der Waals surface area contributed by atoms with E-state index in [1.807, 2.05) is 0 Å². The molecule has 0 aliphatic heterocycles.